The predicted octanol–water partition coefficient (Wildman–Crippen LogP) is 4.05. The third-order valence-corrected chi connectivity index (χ3v) is 4.72. The van der Waals surface area contributed by atoms with Crippen molar-refractivity contribution in [2.45, 2.75) is 39.0 Å². The summed E-state index contributed by atoms with van der Waals surface area (Å²) >= 11 is 6.11. The van der Waals surface area contributed by atoms with Crippen LogP contribution in [0.5, 0.6) is 0 Å². The van der Waals surface area contributed by atoms with Crippen molar-refractivity contribution < 1.29 is 4.79 Å². The molecule has 1 aromatic rings. The third-order valence-electron chi connectivity index (χ3n) is 4.49. The summed E-state index contributed by atoms with van der Waals surface area (Å²) in [6, 6.07) is 5.99. The molecule has 1 amide bonds. The summed E-state index contributed by atoms with van der Waals surface area (Å²) in [5.74, 6) is 0.292. The van der Waals surface area contributed by atoms with Gasteiger partial charge in [-0.05, 0) is 44.0 Å². The van der Waals surface area contributed by atoms with Gasteiger partial charge < -0.3 is 15.5 Å². The fraction of sp³-hybridized carbons (Fsp3) is 0.611. The number of benzene rings is 1. The van der Waals surface area contributed by atoms with Crippen LogP contribution in [0, 0.1) is 6.92 Å². The van der Waals surface area contributed by atoms with Gasteiger partial charge >= 0.3 is 0 Å². The molecule has 0 radical (unpaired) electrons. The van der Waals surface area contributed by atoms with Gasteiger partial charge in [-0.25, -0.2) is 0 Å². The van der Waals surface area contributed by atoms with E-state index in [4.69, 9.17) is 17.3 Å². The van der Waals surface area contributed by atoms with Gasteiger partial charge in [0.15, 0.2) is 0 Å². The number of nitrogens with two attached hydrogens (primary N) is 1. The number of aryl methyl sites for hydroxylation is 1. The maximum Gasteiger partial charge on any atom is 0.222 e. The van der Waals surface area contributed by atoms with Crippen LogP contribution in [0.4, 0.5) is 5.69 Å². The molecule has 0 bridgehead atoms. The molecular weight excluding hydrogens is 381 g/mol. The predicted molar refractivity (Wildman–Crippen MR) is 112 cm³/mol. The Bertz CT molecular complexity index is 520. The molecule has 0 aromatic heterocycles. The van der Waals surface area contributed by atoms with Gasteiger partial charge in [0.2, 0.25) is 5.91 Å². The Kier molecular flexibility index (Phi) is 12.3. The van der Waals surface area contributed by atoms with E-state index in [1.807, 2.05) is 17.0 Å². The third kappa shape index (κ3) is 7.61. The number of nitrogens with zero attached hydrogens (tertiary/aromatic N) is 2. The molecule has 1 aliphatic rings. The average Bonchev–Trinajstić information content (AvgIpc) is 2.57. The zero-order valence-corrected chi connectivity index (χ0v) is 17.3. The molecule has 4 nitrogen and oxygen atoms in total. The maximum atomic E-state index is 12.3. The van der Waals surface area contributed by atoms with Crippen LogP contribution in [0.2, 0.25) is 5.02 Å². The molecule has 25 heavy (non-hydrogen) atoms. The summed E-state index contributed by atoms with van der Waals surface area (Å²) in [7, 11) is 0. The first-order valence-electron chi connectivity index (χ1n) is 8.61. The standard InChI is InChI=1S/C18H28ClN3O.2ClH/c1-15-7-8-16(19)14-17(15)21-10-12-22(13-11-21)18(23)6-4-2-3-5-9-20;;/h7-8,14H,2-6,9-13,20H2,1H3;2*1H. The quantitative estimate of drug-likeness (QED) is 0.690. The number of halogens is 3. The average molecular weight is 411 g/mol. The van der Waals surface area contributed by atoms with Crippen LogP contribution in [-0.4, -0.2) is 43.5 Å². The Labute approximate surface area is 168 Å². The summed E-state index contributed by atoms with van der Waals surface area (Å²) in [5.41, 5.74) is 7.90. The second-order valence-corrected chi connectivity index (χ2v) is 6.69. The number of unbranched alkanes of at least 4 members (excludes halogenated alkanes) is 3. The second-order valence-electron chi connectivity index (χ2n) is 6.25. The lowest BCUT2D eigenvalue weighted by Crippen LogP contribution is -2.48. The van der Waals surface area contributed by atoms with Gasteiger partial charge in [0.1, 0.15) is 0 Å². The first kappa shape index (κ1) is 24.3. The Morgan fingerprint density at radius 3 is 2.36 bits per heavy atom. The van der Waals surface area contributed by atoms with Gasteiger partial charge in [-0.15, -0.1) is 24.8 Å². The van der Waals surface area contributed by atoms with Crippen molar-refractivity contribution >= 4 is 48.0 Å². The number of piperazine rings is 1. The molecule has 1 saturated heterocycles. The van der Waals surface area contributed by atoms with Crippen LogP contribution < -0.4 is 10.6 Å². The van der Waals surface area contributed by atoms with E-state index in [0.29, 0.717) is 12.3 Å². The molecule has 2 rings (SSSR count). The summed E-state index contributed by atoms with van der Waals surface area (Å²) in [5, 5.41) is 0.765. The molecule has 1 aromatic carbocycles. The lowest BCUT2D eigenvalue weighted by molar-refractivity contribution is -0.131. The van der Waals surface area contributed by atoms with Crippen molar-refractivity contribution in [1.82, 2.24) is 4.90 Å². The molecule has 2 N–H and O–H groups in total. The number of hydrogen-bond acceptors (Lipinski definition) is 3. The highest BCUT2D eigenvalue weighted by Gasteiger charge is 2.21. The van der Waals surface area contributed by atoms with Crippen LogP contribution >= 0.6 is 36.4 Å². The molecule has 1 aliphatic heterocycles. The van der Waals surface area contributed by atoms with Gasteiger partial charge in [0.25, 0.3) is 0 Å². The molecule has 1 fully saturated rings. The molecular formula is C18H30Cl3N3O. The van der Waals surface area contributed by atoms with E-state index in [0.717, 1.165) is 63.4 Å². The van der Waals surface area contributed by atoms with Crippen molar-refractivity contribution in [2.75, 3.05) is 37.6 Å². The van der Waals surface area contributed by atoms with Crippen LogP contribution in [0.1, 0.15) is 37.7 Å². The molecule has 0 spiro atoms. The minimum atomic E-state index is 0. The fourth-order valence-electron chi connectivity index (χ4n) is 3.05. The zero-order valence-electron chi connectivity index (χ0n) is 14.9. The number of amides is 1. The Morgan fingerprint density at radius 2 is 1.72 bits per heavy atom. The van der Waals surface area contributed by atoms with Crippen LogP contribution in [0.25, 0.3) is 0 Å². The molecule has 0 unspecified atom stereocenters. The number of carbonyl (C=O) groups excluding carboxylic acids is 1. The lowest BCUT2D eigenvalue weighted by atomic mass is 10.1. The van der Waals surface area contributed by atoms with Crippen molar-refractivity contribution in [3.05, 3.63) is 28.8 Å². The molecule has 0 atom stereocenters. The van der Waals surface area contributed by atoms with Crippen LogP contribution in [0.15, 0.2) is 18.2 Å². The minimum Gasteiger partial charge on any atom is -0.368 e. The van der Waals surface area contributed by atoms with Crippen molar-refractivity contribution in [3.8, 4) is 0 Å². The van der Waals surface area contributed by atoms with E-state index >= 15 is 0 Å². The topological polar surface area (TPSA) is 49.6 Å². The van der Waals surface area contributed by atoms with E-state index in [-0.39, 0.29) is 24.8 Å². The van der Waals surface area contributed by atoms with E-state index < -0.39 is 0 Å². The zero-order chi connectivity index (χ0) is 16.7. The van der Waals surface area contributed by atoms with Crippen molar-refractivity contribution in [3.63, 3.8) is 0 Å². The highest BCUT2D eigenvalue weighted by atomic mass is 35.5. The van der Waals surface area contributed by atoms with Gasteiger partial charge in [-0.1, -0.05) is 30.5 Å². The number of rotatable bonds is 7. The minimum absolute atomic E-state index is 0. The van der Waals surface area contributed by atoms with Crippen molar-refractivity contribution in [2.24, 2.45) is 5.73 Å². The maximum absolute atomic E-state index is 12.3. The Hall–Kier alpha value is -0.680. The van der Waals surface area contributed by atoms with E-state index in [1.165, 1.54) is 11.3 Å². The number of anilines is 1. The highest BCUT2D eigenvalue weighted by molar-refractivity contribution is 6.30. The summed E-state index contributed by atoms with van der Waals surface area (Å²) in [6.45, 7) is 6.20. The van der Waals surface area contributed by atoms with E-state index in [9.17, 15) is 4.79 Å². The summed E-state index contributed by atoms with van der Waals surface area (Å²) < 4.78 is 0. The molecule has 144 valence electrons. The Morgan fingerprint density at radius 1 is 1.08 bits per heavy atom. The lowest BCUT2D eigenvalue weighted by Gasteiger charge is -2.37. The van der Waals surface area contributed by atoms with E-state index in [1.54, 1.807) is 0 Å². The second kappa shape index (κ2) is 12.6. The molecule has 0 saturated carbocycles. The SMILES string of the molecule is Cc1ccc(Cl)cc1N1CCN(C(=O)CCCCCCN)CC1.Cl.Cl. The van der Waals surface area contributed by atoms with Gasteiger partial charge in [0, 0.05) is 43.3 Å². The van der Waals surface area contributed by atoms with Crippen molar-refractivity contribution in [1.29, 1.82) is 0 Å². The summed E-state index contributed by atoms with van der Waals surface area (Å²) in [6.07, 6.45) is 4.94. The first-order valence-corrected chi connectivity index (χ1v) is 8.98. The monoisotopic (exact) mass is 409 g/mol. The number of carbonyl (C=O) groups is 1. The fourth-order valence-corrected chi connectivity index (χ4v) is 3.22. The summed E-state index contributed by atoms with van der Waals surface area (Å²) in [4.78, 5) is 16.6. The van der Waals surface area contributed by atoms with Gasteiger partial charge in [-0.2, -0.15) is 0 Å². The first-order chi connectivity index (χ1) is 11.1. The van der Waals surface area contributed by atoms with Gasteiger partial charge in [0.05, 0.1) is 0 Å². The largest absolute Gasteiger partial charge is 0.368 e. The smallest absolute Gasteiger partial charge is 0.222 e. The Balaban J connectivity index is 0.00000288. The van der Waals surface area contributed by atoms with Gasteiger partial charge in [-0.3, -0.25) is 4.79 Å². The van der Waals surface area contributed by atoms with Crippen LogP contribution in [0.3, 0.4) is 0 Å². The van der Waals surface area contributed by atoms with Crippen LogP contribution in [-0.2, 0) is 4.79 Å². The molecule has 7 heteroatoms. The normalized spacial score (nSPS) is 13.9. The van der Waals surface area contributed by atoms with E-state index in [2.05, 4.69) is 17.9 Å². The molecule has 1 heterocycles. The molecule has 0 aliphatic carbocycles. The highest BCUT2D eigenvalue weighted by Crippen LogP contribution is 2.25. The number of hydrogen-bond donors (Lipinski definition) is 1.